The zero-order chi connectivity index (χ0) is 11.3. The Morgan fingerprint density at radius 3 is 3.00 bits per heavy atom. The third kappa shape index (κ3) is 3.97. The Hall–Kier alpha value is -0.940. The van der Waals surface area contributed by atoms with E-state index in [0.29, 0.717) is 13.0 Å². The molecule has 1 atom stereocenters. The summed E-state index contributed by atoms with van der Waals surface area (Å²) in [6, 6.07) is -0.386. The van der Waals surface area contributed by atoms with Gasteiger partial charge in [-0.1, -0.05) is 6.92 Å². The molecule has 0 aromatic carbocycles. The first-order valence-electron chi connectivity index (χ1n) is 5.07. The summed E-state index contributed by atoms with van der Waals surface area (Å²) in [5, 5.41) is 5.86. The highest BCUT2D eigenvalue weighted by atomic mass is 32.1. The van der Waals surface area contributed by atoms with Gasteiger partial charge in [0.05, 0.1) is 11.0 Å². The molecule has 4 nitrogen and oxygen atoms in total. The highest BCUT2D eigenvalue weighted by Gasteiger charge is 2.09. The van der Waals surface area contributed by atoms with Crippen molar-refractivity contribution in [2.75, 3.05) is 6.54 Å². The van der Waals surface area contributed by atoms with Crippen LogP contribution < -0.4 is 11.1 Å². The van der Waals surface area contributed by atoms with Crippen LogP contribution in [0.1, 0.15) is 24.0 Å². The number of carbonyl (C=O) groups is 1. The number of carbonyl (C=O) groups excluding carboxylic acids is 1. The minimum atomic E-state index is -0.386. The van der Waals surface area contributed by atoms with Crippen LogP contribution in [0.5, 0.6) is 0 Å². The molecule has 1 rings (SSSR count). The number of amides is 1. The topological polar surface area (TPSA) is 68.0 Å². The van der Waals surface area contributed by atoms with Gasteiger partial charge in [0.2, 0.25) is 5.91 Å². The molecule has 1 heterocycles. The summed E-state index contributed by atoms with van der Waals surface area (Å²) in [5.74, 6) is -0.0780. The maximum Gasteiger partial charge on any atom is 0.236 e. The second-order valence-corrected chi connectivity index (χ2v) is 4.38. The van der Waals surface area contributed by atoms with Gasteiger partial charge in [0.25, 0.3) is 0 Å². The van der Waals surface area contributed by atoms with Crippen molar-refractivity contribution < 1.29 is 4.79 Å². The third-order valence-electron chi connectivity index (χ3n) is 2.08. The van der Waals surface area contributed by atoms with E-state index in [9.17, 15) is 4.79 Å². The first-order valence-corrected chi connectivity index (χ1v) is 5.95. The summed E-state index contributed by atoms with van der Waals surface area (Å²) in [4.78, 5) is 15.6. The SMILES string of the molecule is CC[C@@H](N)C(=O)NCCc1nc(C)cs1. The molecule has 0 unspecified atom stereocenters. The number of nitrogens with zero attached hydrogens (tertiary/aromatic N) is 1. The molecule has 15 heavy (non-hydrogen) atoms. The lowest BCUT2D eigenvalue weighted by Gasteiger charge is -2.08. The summed E-state index contributed by atoms with van der Waals surface area (Å²) in [6.07, 6.45) is 1.45. The van der Waals surface area contributed by atoms with E-state index in [2.05, 4.69) is 10.3 Å². The average molecular weight is 227 g/mol. The van der Waals surface area contributed by atoms with Crippen molar-refractivity contribution in [2.45, 2.75) is 32.7 Å². The molecule has 0 saturated carbocycles. The van der Waals surface area contributed by atoms with Crippen molar-refractivity contribution in [3.8, 4) is 0 Å². The molecular formula is C10H17N3OS. The first kappa shape index (κ1) is 12.1. The molecule has 1 aromatic heterocycles. The summed E-state index contributed by atoms with van der Waals surface area (Å²) in [5.41, 5.74) is 6.61. The van der Waals surface area contributed by atoms with E-state index in [1.54, 1.807) is 11.3 Å². The van der Waals surface area contributed by atoms with E-state index in [0.717, 1.165) is 17.1 Å². The monoisotopic (exact) mass is 227 g/mol. The van der Waals surface area contributed by atoms with Crippen LogP contribution in [0.15, 0.2) is 5.38 Å². The highest BCUT2D eigenvalue weighted by molar-refractivity contribution is 7.09. The van der Waals surface area contributed by atoms with Crippen molar-refractivity contribution in [2.24, 2.45) is 5.73 Å². The van der Waals surface area contributed by atoms with E-state index in [-0.39, 0.29) is 11.9 Å². The number of hydrogen-bond donors (Lipinski definition) is 2. The highest BCUT2D eigenvalue weighted by Crippen LogP contribution is 2.08. The van der Waals surface area contributed by atoms with Gasteiger partial charge in [-0.3, -0.25) is 4.79 Å². The van der Waals surface area contributed by atoms with Crippen molar-refractivity contribution in [3.05, 3.63) is 16.1 Å². The quantitative estimate of drug-likeness (QED) is 0.783. The van der Waals surface area contributed by atoms with E-state index in [1.807, 2.05) is 19.2 Å². The van der Waals surface area contributed by atoms with Crippen LogP contribution in [0.4, 0.5) is 0 Å². The Kier molecular flexibility index (Phi) is 4.71. The van der Waals surface area contributed by atoms with Gasteiger partial charge in [-0.2, -0.15) is 0 Å². The van der Waals surface area contributed by atoms with Crippen LogP contribution in [-0.4, -0.2) is 23.5 Å². The van der Waals surface area contributed by atoms with Gasteiger partial charge >= 0.3 is 0 Å². The number of nitrogens with two attached hydrogens (primary N) is 1. The zero-order valence-corrected chi connectivity index (χ0v) is 9.93. The summed E-state index contributed by atoms with van der Waals surface area (Å²) >= 11 is 1.62. The maximum atomic E-state index is 11.3. The number of thiazole rings is 1. The minimum Gasteiger partial charge on any atom is -0.354 e. The molecule has 0 aliphatic rings. The lowest BCUT2D eigenvalue weighted by molar-refractivity contribution is -0.122. The Bertz CT molecular complexity index is 324. The molecule has 0 fully saturated rings. The normalized spacial score (nSPS) is 12.5. The van der Waals surface area contributed by atoms with Crippen molar-refractivity contribution in [1.29, 1.82) is 0 Å². The van der Waals surface area contributed by atoms with Gasteiger partial charge in [0.15, 0.2) is 0 Å². The number of nitrogens with one attached hydrogen (secondary N) is 1. The van der Waals surface area contributed by atoms with Crippen LogP contribution in [0, 0.1) is 6.92 Å². The molecule has 0 aliphatic heterocycles. The van der Waals surface area contributed by atoms with Crippen molar-refractivity contribution in [3.63, 3.8) is 0 Å². The van der Waals surface area contributed by atoms with Gasteiger partial charge in [0.1, 0.15) is 0 Å². The smallest absolute Gasteiger partial charge is 0.236 e. The van der Waals surface area contributed by atoms with E-state index in [1.165, 1.54) is 0 Å². The maximum absolute atomic E-state index is 11.3. The molecule has 0 bridgehead atoms. The van der Waals surface area contributed by atoms with Crippen molar-refractivity contribution in [1.82, 2.24) is 10.3 Å². The fraction of sp³-hybridized carbons (Fsp3) is 0.600. The zero-order valence-electron chi connectivity index (χ0n) is 9.12. The Morgan fingerprint density at radius 1 is 1.73 bits per heavy atom. The molecule has 3 N–H and O–H groups in total. The largest absolute Gasteiger partial charge is 0.354 e. The molecule has 84 valence electrons. The third-order valence-corrected chi connectivity index (χ3v) is 3.11. The standard InChI is InChI=1S/C10H17N3OS/c1-3-8(11)10(14)12-5-4-9-13-7(2)6-15-9/h6,8H,3-5,11H2,1-2H3,(H,12,14)/t8-/m1/s1. The van der Waals surface area contributed by atoms with Crippen molar-refractivity contribution >= 4 is 17.2 Å². The molecule has 1 aromatic rings. The number of rotatable bonds is 5. The average Bonchev–Trinajstić information content (AvgIpc) is 2.63. The molecule has 0 aliphatic carbocycles. The summed E-state index contributed by atoms with van der Waals surface area (Å²) < 4.78 is 0. The number of aryl methyl sites for hydroxylation is 1. The predicted octanol–water partition coefficient (Wildman–Crippen LogP) is 0.848. The molecule has 5 heteroatoms. The van der Waals surface area contributed by atoms with Gasteiger partial charge in [-0.25, -0.2) is 4.98 Å². The van der Waals surface area contributed by atoms with Crippen LogP contribution >= 0.6 is 11.3 Å². The molecular weight excluding hydrogens is 210 g/mol. The number of hydrogen-bond acceptors (Lipinski definition) is 4. The summed E-state index contributed by atoms with van der Waals surface area (Å²) in [6.45, 7) is 4.47. The summed E-state index contributed by atoms with van der Waals surface area (Å²) in [7, 11) is 0. The molecule has 0 radical (unpaired) electrons. The molecule has 0 saturated heterocycles. The first-order chi connectivity index (χ1) is 7.13. The Morgan fingerprint density at radius 2 is 2.47 bits per heavy atom. The van der Waals surface area contributed by atoms with Gasteiger partial charge in [-0.15, -0.1) is 11.3 Å². The van der Waals surface area contributed by atoms with E-state index in [4.69, 9.17) is 5.73 Å². The predicted molar refractivity (Wildman–Crippen MR) is 61.8 cm³/mol. The van der Waals surface area contributed by atoms with Crippen LogP contribution in [0.3, 0.4) is 0 Å². The van der Waals surface area contributed by atoms with Gasteiger partial charge < -0.3 is 11.1 Å². The van der Waals surface area contributed by atoms with E-state index < -0.39 is 0 Å². The molecule has 0 spiro atoms. The van der Waals surface area contributed by atoms with E-state index >= 15 is 0 Å². The van der Waals surface area contributed by atoms with Gasteiger partial charge in [-0.05, 0) is 13.3 Å². The van der Waals surface area contributed by atoms with Gasteiger partial charge in [0, 0.05) is 24.0 Å². The Labute approximate surface area is 93.9 Å². The molecule has 1 amide bonds. The lowest BCUT2D eigenvalue weighted by Crippen LogP contribution is -2.40. The second-order valence-electron chi connectivity index (χ2n) is 3.44. The van der Waals surface area contributed by atoms with Crippen LogP contribution in [-0.2, 0) is 11.2 Å². The fourth-order valence-corrected chi connectivity index (χ4v) is 1.90. The second kappa shape index (κ2) is 5.82. The van der Waals surface area contributed by atoms with Crippen LogP contribution in [0.2, 0.25) is 0 Å². The fourth-order valence-electron chi connectivity index (χ4n) is 1.13. The number of aromatic nitrogens is 1. The lowest BCUT2D eigenvalue weighted by atomic mass is 10.2. The minimum absolute atomic E-state index is 0.0780. The van der Waals surface area contributed by atoms with Crippen LogP contribution in [0.25, 0.3) is 0 Å². The Balaban J connectivity index is 2.24.